The Hall–Kier alpha value is 0.760. The van der Waals surface area contributed by atoms with Crippen molar-refractivity contribution < 1.29 is 5.11 Å². The molecule has 3 heteroatoms. The number of para-hydroxylation sites is 1. The van der Waals surface area contributed by atoms with Crippen LogP contribution in [0.1, 0.15) is 0 Å². The van der Waals surface area contributed by atoms with Crippen molar-refractivity contribution in [3.63, 3.8) is 0 Å². The third-order valence-electron chi connectivity index (χ3n) is 0.756. The first-order valence-electron chi connectivity index (χ1n) is 2.13. The molecule has 1 aromatic rings. The van der Waals surface area contributed by atoms with Gasteiger partial charge in [-0.25, -0.2) is 0 Å². The van der Waals surface area contributed by atoms with Crippen molar-refractivity contribution >= 4 is 54.7 Å². The van der Waals surface area contributed by atoms with Crippen LogP contribution in [0.4, 0.5) is 0 Å². The number of benzene rings is 1. The van der Waals surface area contributed by atoms with E-state index < -0.39 is 0 Å². The molecule has 0 radical (unpaired) electrons. The van der Waals surface area contributed by atoms with Crippen molar-refractivity contribution in [3.05, 3.63) is 30.3 Å². The molecule has 0 aromatic heterocycles. The summed E-state index contributed by atoms with van der Waals surface area (Å²) in [5, 5.41) is 8.63. The van der Waals surface area contributed by atoms with Gasteiger partial charge in [0.05, 0.1) is 0 Å². The monoisotopic (exact) mass is 216 g/mol. The molecule has 1 aromatic carbocycles. The number of rotatable bonds is 0. The molecule has 0 aliphatic rings. The van der Waals surface area contributed by atoms with E-state index in [0.29, 0.717) is 5.75 Å². The van der Waals surface area contributed by atoms with Crippen LogP contribution < -0.4 is 0 Å². The summed E-state index contributed by atoms with van der Waals surface area (Å²) < 4.78 is 0. The van der Waals surface area contributed by atoms with Crippen molar-refractivity contribution in [2.75, 3.05) is 0 Å². The van der Waals surface area contributed by atoms with E-state index in [1.165, 1.54) is 0 Å². The van der Waals surface area contributed by atoms with Gasteiger partial charge in [0.1, 0.15) is 5.75 Å². The average molecular weight is 217 g/mol. The summed E-state index contributed by atoms with van der Waals surface area (Å²) in [5.74, 6) is 0.322. The second-order valence-electron chi connectivity index (χ2n) is 1.34. The van der Waals surface area contributed by atoms with Crippen molar-refractivity contribution in [3.8, 4) is 5.75 Å². The van der Waals surface area contributed by atoms with Crippen LogP contribution in [-0.2, 0) is 0 Å². The Kier molecular flexibility index (Phi) is 9.50. The van der Waals surface area contributed by atoms with E-state index in [-0.39, 0.29) is 54.7 Å². The molecule has 0 saturated heterocycles. The predicted octanol–water partition coefficient (Wildman–Crippen LogP) is 1.05. The third-order valence-corrected chi connectivity index (χ3v) is 0.756. The molecule has 0 unspecified atom stereocenters. The quantitative estimate of drug-likeness (QED) is 0.644. The van der Waals surface area contributed by atoms with Gasteiger partial charge in [0.25, 0.3) is 0 Å². The van der Waals surface area contributed by atoms with Gasteiger partial charge in [0, 0.05) is 0 Å². The fourth-order valence-electron chi connectivity index (χ4n) is 0.428. The van der Waals surface area contributed by atoms with Gasteiger partial charge in [-0.15, -0.1) is 17.0 Å². The van der Waals surface area contributed by atoms with Crippen LogP contribution in [0.25, 0.3) is 0 Å². The first-order valence-corrected chi connectivity index (χ1v) is 2.13. The molecule has 1 rings (SSSR count). The summed E-state index contributed by atoms with van der Waals surface area (Å²) in [4.78, 5) is 0. The third kappa shape index (κ3) is 5.22. The van der Waals surface area contributed by atoms with E-state index in [2.05, 4.69) is 0 Å². The molecule has 0 bridgehead atoms. The van der Waals surface area contributed by atoms with Crippen LogP contribution in [0.15, 0.2) is 30.3 Å². The maximum absolute atomic E-state index is 8.63. The second-order valence-corrected chi connectivity index (χ2v) is 1.34. The first kappa shape index (κ1) is 12.4. The Morgan fingerprint density at radius 3 is 1.67 bits per heavy atom. The molecule has 0 spiro atoms. The number of halogens is 1. The van der Waals surface area contributed by atoms with Crippen LogP contribution in [0.5, 0.6) is 5.75 Å². The number of phenols is 1. The standard InChI is InChI=1S/C6H6O.BrH.Ca.2H/c7-6-4-2-1-3-5-6;;;;/h1-5,7H;1H;;;. The fraction of sp³-hybridized carbons (Fsp3) is 0. The van der Waals surface area contributed by atoms with E-state index in [1.54, 1.807) is 24.3 Å². The molecule has 9 heavy (non-hydrogen) atoms. The molecule has 1 N–H and O–H groups in total. The van der Waals surface area contributed by atoms with Crippen LogP contribution >= 0.6 is 17.0 Å². The molecule has 0 aliphatic carbocycles. The zero-order chi connectivity index (χ0) is 5.11. The molecule has 0 aliphatic heterocycles. The van der Waals surface area contributed by atoms with Crippen LogP contribution in [-0.4, -0.2) is 42.8 Å². The summed E-state index contributed by atoms with van der Waals surface area (Å²) >= 11 is 0. The predicted molar refractivity (Wildman–Crippen MR) is 47.0 cm³/mol. The van der Waals surface area contributed by atoms with Crippen molar-refractivity contribution in [1.82, 2.24) is 0 Å². The summed E-state index contributed by atoms with van der Waals surface area (Å²) in [6, 6.07) is 8.71. The molecule has 0 fully saturated rings. The van der Waals surface area contributed by atoms with E-state index in [4.69, 9.17) is 5.11 Å². The summed E-state index contributed by atoms with van der Waals surface area (Å²) in [5.41, 5.74) is 0. The van der Waals surface area contributed by atoms with Gasteiger partial charge in [-0.05, 0) is 12.1 Å². The molecule has 0 amide bonds. The van der Waals surface area contributed by atoms with Gasteiger partial charge in [0.15, 0.2) is 0 Å². The topological polar surface area (TPSA) is 20.2 Å². The number of hydrogen-bond acceptors (Lipinski definition) is 1. The van der Waals surface area contributed by atoms with E-state index in [1.807, 2.05) is 6.07 Å². The summed E-state index contributed by atoms with van der Waals surface area (Å²) in [6.45, 7) is 0. The fourth-order valence-corrected chi connectivity index (χ4v) is 0.428. The van der Waals surface area contributed by atoms with Gasteiger partial charge >= 0.3 is 37.7 Å². The molecular formula is C6H9BrCaO. The van der Waals surface area contributed by atoms with Crippen LogP contribution in [0, 0.1) is 0 Å². The van der Waals surface area contributed by atoms with Crippen molar-refractivity contribution in [1.29, 1.82) is 0 Å². The van der Waals surface area contributed by atoms with Crippen LogP contribution in [0.2, 0.25) is 0 Å². The molecule has 0 saturated carbocycles. The summed E-state index contributed by atoms with van der Waals surface area (Å²) in [6.07, 6.45) is 0. The first-order chi connectivity index (χ1) is 3.39. The van der Waals surface area contributed by atoms with Crippen molar-refractivity contribution in [2.45, 2.75) is 0 Å². The van der Waals surface area contributed by atoms with Gasteiger partial charge in [-0.1, -0.05) is 18.2 Å². The van der Waals surface area contributed by atoms with Crippen molar-refractivity contribution in [2.24, 2.45) is 0 Å². The SMILES string of the molecule is Br.Oc1ccccc1.[CaH2]. The molecule has 1 nitrogen and oxygen atoms in total. The Balaban J connectivity index is 0. The van der Waals surface area contributed by atoms with Gasteiger partial charge in [-0.3, -0.25) is 0 Å². The number of phenolic OH excluding ortho intramolecular Hbond substituents is 1. The Labute approximate surface area is 94.9 Å². The van der Waals surface area contributed by atoms with Gasteiger partial charge < -0.3 is 5.11 Å². The summed E-state index contributed by atoms with van der Waals surface area (Å²) in [7, 11) is 0. The zero-order valence-electron chi connectivity index (χ0n) is 4.24. The second kappa shape index (κ2) is 6.87. The molecular weight excluding hydrogens is 208 g/mol. The Bertz CT molecular complexity index is 143. The normalized spacial score (nSPS) is 6.67. The number of hydrogen-bond donors (Lipinski definition) is 1. The Morgan fingerprint density at radius 1 is 1.00 bits per heavy atom. The average Bonchev–Trinajstić information content (AvgIpc) is 1.69. The van der Waals surface area contributed by atoms with E-state index in [9.17, 15) is 0 Å². The minimum atomic E-state index is 0. The maximum atomic E-state index is 8.63. The van der Waals surface area contributed by atoms with Crippen LogP contribution in [0.3, 0.4) is 0 Å². The molecule has 0 heterocycles. The Morgan fingerprint density at radius 2 is 1.44 bits per heavy atom. The van der Waals surface area contributed by atoms with Gasteiger partial charge in [0.2, 0.25) is 0 Å². The van der Waals surface area contributed by atoms with E-state index in [0.717, 1.165) is 0 Å². The van der Waals surface area contributed by atoms with Gasteiger partial charge in [-0.2, -0.15) is 0 Å². The molecule has 0 atom stereocenters. The zero-order valence-corrected chi connectivity index (χ0v) is 5.96. The number of aromatic hydroxyl groups is 1. The molecule has 48 valence electrons. The van der Waals surface area contributed by atoms with E-state index >= 15 is 0 Å². The minimum absolute atomic E-state index is 0.